The van der Waals surface area contributed by atoms with Gasteiger partial charge in [-0.25, -0.2) is 0 Å². The highest BCUT2D eigenvalue weighted by Crippen LogP contribution is 2.33. The molecular weight excluding hydrogens is 412 g/mol. The molecule has 8 nitrogen and oxygen atoms in total. The molecule has 3 heterocycles. The van der Waals surface area contributed by atoms with E-state index in [0.717, 1.165) is 40.7 Å². The molecular formula is C22H18N6O2S. The zero-order chi connectivity index (χ0) is 21.5. The van der Waals surface area contributed by atoms with E-state index in [-0.39, 0.29) is 10.6 Å². The van der Waals surface area contributed by atoms with Gasteiger partial charge in [0.25, 0.3) is 5.69 Å². The van der Waals surface area contributed by atoms with Crippen LogP contribution in [0.15, 0.2) is 61.0 Å². The maximum Gasteiger partial charge on any atom is 0.269 e. The van der Waals surface area contributed by atoms with Gasteiger partial charge in [-0.05, 0) is 23.0 Å². The Bertz CT molecular complexity index is 1380. The van der Waals surface area contributed by atoms with Crippen molar-refractivity contribution in [3.05, 3.63) is 88.1 Å². The van der Waals surface area contributed by atoms with E-state index in [2.05, 4.69) is 28.3 Å². The van der Waals surface area contributed by atoms with Gasteiger partial charge in [0.2, 0.25) is 0 Å². The molecule has 0 unspecified atom stereocenters. The average molecular weight is 430 g/mol. The van der Waals surface area contributed by atoms with Crippen LogP contribution in [-0.4, -0.2) is 31.3 Å². The largest absolute Gasteiger partial charge is 0.350 e. The van der Waals surface area contributed by atoms with Crippen molar-refractivity contribution >= 4 is 44.6 Å². The number of nitrogens with zero attached hydrogens (tertiary/aromatic N) is 6. The molecule has 31 heavy (non-hydrogen) atoms. The quantitative estimate of drug-likeness (QED) is 0.338. The predicted molar refractivity (Wildman–Crippen MR) is 123 cm³/mol. The average Bonchev–Trinajstić information content (AvgIpc) is 3.22. The van der Waals surface area contributed by atoms with E-state index in [4.69, 9.17) is 5.10 Å². The van der Waals surface area contributed by atoms with Crippen molar-refractivity contribution in [2.45, 2.75) is 13.0 Å². The second-order valence-electron chi connectivity index (χ2n) is 7.22. The minimum atomic E-state index is -0.356. The lowest BCUT2D eigenvalue weighted by Crippen LogP contribution is -2.31. The van der Waals surface area contributed by atoms with Crippen LogP contribution in [0.1, 0.15) is 17.0 Å². The molecule has 0 atom stereocenters. The number of aromatic nitrogens is 4. The Morgan fingerprint density at radius 3 is 2.74 bits per heavy atom. The van der Waals surface area contributed by atoms with Crippen LogP contribution in [0.25, 0.3) is 21.3 Å². The number of hydrogen-bond acceptors (Lipinski definition) is 7. The van der Waals surface area contributed by atoms with Gasteiger partial charge in [-0.3, -0.25) is 10.1 Å². The van der Waals surface area contributed by atoms with E-state index < -0.39 is 0 Å². The number of fused-ring (bicyclic) bond motifs is 4. The Morgan fingerprint density at radius 1 is 1.16 bits per heavy atom. The first kappa shape index (κ1) is 19.3. The molecule has 0 aliphatic carbocycles. The molecule has 1 aliphatic heterocycles. The minimum Gasteiger partial charge on any atom is -0.350 e. The Kier molecular flexibility index (Phi) is 4.67. The van der Waals surface area contributed by atoms with Gasteiger partial charge in [0.15, 0.2) is 17.3 Å². The van der Waals surface area contributed by atoms with Gasteiger partial charge < -0.3 is 4.90 Å². The Hall–Kier alpha value is -3.72. The molecule has 2 aromatic carbocycles. The second kappa shape index (κ2) is 7.51. The number of nitro groups is 1. The molecule has 4 aromatic rings. The lowest BCUT2D eigenvalue weighted by atomic mass is 9.98. The van der Waals surface area contributed by atoms with Gasteiger partial charge in [0, 0.05) is 36.0 Å². The highest BCUT2D eigenvalue weighted by molar-refractivity contribution is 8.10. The van der Waals surface area contributed by atoms with Crippen molar-refractivity contribution in [2.24, 2.45) is 0 Å². The number of benzene rings is 2. The van der Waals surface area contributed by atoms with E-state index in [1.807, 2.05) is 30.3 Å². The van der Waals surface area contributed by atoms with Crippen LogP contribution in [0.3, 0.4) is 0 Å². The molecule has 0 spiro atoms. The number of nitro benzene ring substituents is 1. The molecule has 0 saturated carbocycles. The van der Waals surface area contributed by atoms with Crippen molar-refractivity contribution in [1.29, 1.82) is 0 Å². The standard InChI is InChI=1S/C22H18N6O2S/c1-3-31-14(2)20-23-24-21-18-6-4-5-7-19(18)22(25-27(20)21)26-11-10-15-8-9-17(28(29)30)12-16(15)13-26/h3-9,12H,1-2,10-11,13H2. The number of thioether (sulfide) groups is 1. The first-order chi connectivity index (χ1) is 15.1. The summed E-state index contributed by atoms with van der Waals surface area (Å²) in [6.07, 6.45) is 0.787. The fourth-order valence-corrected chi connectivity index (χ4v) is 4.40. The topological polar surface area (TPSA) is 89.5 Å². The predicted octanol–water partition coefficient (Wildman–Crippen LogP) is 4.60. The number of anilines is 1. The summed E-state index contributed by atoms with van der Waals surface area (Å²) < 4.78 is 1.72. The smallest absolute Gasteiger partial charge is 0.269 e. The molecule has 2 aromatic heterocycles. The van der Waals surface area contributed by atoms with E-state index in [0.29, 0.717) is 22.9 Å². The summed E-state index contributed by atoms with van der Waals surface area (Å²) in [7, 11) is 0. The lowest BCUT2D eigenvalue weighted by molar-refractivity contribution is -0.384. The van der Waals surface area contributed by atoms with Gasteiger partial charge in [-0.1, -0.05) is 55.3 Å². The Balaban J connectivity index is 1.66. The zero-order valence-corrected chi connectivity index (χ0v) is 17.4. The molecule has 0 amide bonds. The monoisotopic (exact) mass is 430 g/mol. The fourth-order valence-electron chi connectivity index (χ4n) is 3.96. The summed E-state index contributed by atoms with van der Waals surface area (Å²) in [5, 5.41) is 28.4. The lowest BCUT2D eigenvalue weighted by Gasteiger charge is -2.30. The summed E-state index contributed by atoms with van der Waals surface area (Å²) in [6, 6.07) is 13.0. The highest BCUT2D eigenvalue weighted by Gasteiger charge is 2.24. The third kappa shape index (κ3) is 3.23. The summed E-state index contributed by atoms with van der Waals surface area (Å²) in [5.41, 5.74) is 2.84. The van der Waals surface area contributed by atoms with Gasteiger partial charge in [-0.15, -0.1) is 15.3 Å². The molecule has 0 radical (unpaired) electrons. The molecule has 0 fully saturated rings. The van der Waals surface area contributed by atoms with Crippen LogP contribution in [0.2, 0.25) is 0 Å². The van der Waals surface area contributed by atoms with Crippen LogP contribution >= 0.6 is 11.8 Å². The van der Waals surface area contributed by atoms with Crippen molar-refractivity contribution in [2.75, 3.05) is 11.4 Å². The van der Waals surface area contributed by atoms with Gasteiger partial charge in [0.05, 0.1) is 9.83 Å². The number of hydrogen-bond donors (Lipinski definition) is 0. The zero-order valence-electron chi connectivity index (χ0n) is 16.6. The maximum atomic E-state index is 11.2. The van der Waals surface area contributed by atoms with Crippen LogP contribution in [0.5, 0.6) is 0 Å². The molecule has 0 bridgehead atoms. The molecule has 0 saturated heterocycles. The Labute approximate surface area is 182 Å². The third-order valence-electron chi connectivity index (χ3n) is 5.43. The first-order valence-corrected chi connectivity index (χ1v) is 10.6. The minimum absolute atomic E-state index is 0.104. The van der Waals surface area contributed by atoms with E-state index in [1.165, 1.54) is 11.8 Å². The van der Waals surface area contributed by atoms with Crippen LogP contribution < -0.4 is 4.90 Å². The molecule has 5 rings (SSSR count). The van der Waals surface area contributed by atoms with E-state index >= 15 is 0 Å². The summed E-state index contributed by atoms with van der Waals surface area (Å²) >= 11 is 1.37. The van der Waals surface area contributed by atoms with E-state index in [1.54, 1.807) is 22.1 Å². The highest BCUT2D eigenvalue weighted by atomic mass is 32.2. The SMILES string of the molecule is C=CSC(=C)c1nnc2c3ccccc3c(N3CCc4ccc([N+](=O)[O-])cc4C3)nn12. The summed E-state index contributed by atoms with van der Waals surface area (Å²) in [5.74, 6) is 1.36. The fraction of sp³-hybridized carbons (Fsp3) is 0.136. The summed E-state index contributed by atoms with van der Waals surface area (Å²) in [6.45, 7) is 9.10. The van der Waals surface area contributed by atoms with Gasteiger partial charge >= 0.3 is 0 Å². The van der Waals surface area contributed by atoms with Crippen LogP contribution in [0, 0.1) is 10.1 Å². The second-order valence-corrected chi connectivity index (χ2v) is 8.28. The number of rotatable bonds is 5. The van der Waals surface area contributed by atoms with E-state index in [9.17, 15) is 10.1 Å². The molecule has 154 valence electrons. The third-order valence-corrected chi connectivity index (χ3v) is 6.07. The summed E-state index contributed by atoms with van der Waals surface area (Å²) in [4.78, 5) is 13.7. The van der Waals surface area contributed by atoms with Crippen molar-refractivity contribution in [3.8, 4) is 0 Å². The number of non-ortho nitro benzene ring substituents is 1. The molecule has 0 N–H and O–H groups in total. The molecule has 1 aliphatic rings. The van der Waals surface area contributed by atoms with Crippen molar-refractivity contribution in [1.82, 2.24) is 19.8 Å². The molecule has 9 heteroatoms. The first-order valence-electron chi connectivity index (χ1n) is 9.69. The maximum absolute atomic E-state index is 11.2. The van der Waals surface area contributed by atoms with Crippen molar-refractivity contribution < 1.29 is 4.92 Å². The van der Waals surface area contributed by atoms with Crippen molar-refractivity contribution in [3.63, 3.8) is 0 Å². The van der Waals surface area contributed by atoms with Gasteiger partial charge in [0.1, 0.15) is 0 Å². The van der Waals surface area contributed by atoms with Crippen LogP contribution in [-0.2, 0) is 13.0 Å². The van der Waals surface area contributed by atoms with Gasteiger partial charge in [-0.2, -0.15) is 4.52 Å². The Morgan fingerprint density at radius 2 is 1.97 bits per heavy atom. The van der Waals surface area contributed by atoms with Crippen LogP contribution in [0.4, 0.5) is 11.5 Å². The normalized spacial score (nSPS) is 13.4.